The minimum Gasteiger partial charge on any atom is -0.323 e. The largest absolute Gasteiger partial charge is 0.323 e. The molecular weight excluding hydrogens is 301 g/mol. The minimum absolute atomic E-state index is 0.151. The molecule has 2 rings (SSSR count). The van der Waals surface area contributed by atoms with Gasteiger partial charge in [-0.2, -0.15) is 0 Å². The first-order valence-electron chi connectivity index (χ1n) is 5.32. The van der Waals surface area contributed by atoms with Gasteiger partial charge < -0.3 is 5.73 Å². The second kappa shape index (κ2) is 5.29. The Balaban J connectivity index is 2.17. The molecule has 1 unspecified atom stereocenters. The first kappa shape index (κ1) is 12.7. The third-order valence-electron chi connectivity index (χ3n) is 2.64. The molecule has 0 fully saturated rings. The van der Waals surface area contributed by atoms with Gasteiger partial charge in [0.1, 0.15) is 5.82 Å². The first-order chi connectivity index (χ1) is 8.08. The van der Waals surface area contributed by atoms with Gasteiger partial charge in [-0.25, -0.2) is 4.39 Å². The molecule has 2 aromatic rings. The quantitative estimate of drug-likeness (QED) is 0.903. The van der Waals surface area contributed by atoms with Crippen LogP contribution in [0.15, 0.2) is 34.1 Å². The van der Waals surface area contributed by atoms with Crippen molar-refractivity contribution in [3.63, 3.8) is 0 Å². The van der Waals surface area contributed by atoms with E-state index >= 15 is 0 Å². The van der Waals surface area contributed by atoms with E-state index in [4.69, 9.17) is 5.73 Å². The molecule has 4 heteroatoms. The fourth-order valence-corrected chi connectivity index (χ4v) is 3.24. The normalized spacial score (nSPS) is 12.7. The Kier molecular flexibility index (Phi) is 3.97. The van der Waals surface area contributed by atoms with Gasteiger partial charge in [0, 0.05) is 10.9 Å². The third kappa shape index (κ3) is 2.94. The molecule has 1 nitrogen and oxygen atoms in total. The van der Waals surface area contributed by atoms with Gasteiger partial charge in [0.15, 0.2) is 0 Å². The third-order valence-corrected chi connectivity index (χ3v) is 4.91. The predicted molar refractivity (Wildman–Crippen MR) is 73.8 cm³/mol. The number of rotatable bonds is 3. The molecule has 0 spiro atoms. The highest BCUT2D eigenvalue weighted by Crippen LogP contribution is 2.31. The van der Waals surface area contributed by atoms with Crippen molar-refractivity contribution < 1.29 is 4.39 Å². The van der Waals surface area contributed by atoms with Gasteiger partial charge in [0.25, 0.3) is 0 Å². The lowest BCUT2D eigenvalue weighted by atomic mass is 10.0. The maximum atomic E-state index is 13.5. The Morgan fingerprint density at radius 3 is 2.71 bits per heavy atom. The summed E-state index contributed by atoms with van der Waals surface area (Å²) < 4.78 is 14.6. The number of hydrogen-bond donors (Lipinski definition) is 1. The zero-order valence-corrected chi connectivity index (χ0v) is 11.8. The standard InChI is InChI=1S/C13H13BrFNS/c1-8-6-12(17-13(8)14)11(16)7-9-4-2-3-5-10(9)15/h2-6,11H,7,16H2,1H3. The van der Waals surface area contributed by atoms with E-state index in [1.165, 1.54) is 11.6 Å². The fourth-order valence-electron chi connectivity index (χ4n) is 1.67. The van der Waals surface area contributed by atoms with Crippen LogP contribution in [-0.2, 0) is 6.42 Å². The molecule has 1 heterocycles. The summed E-state index contributed by atoms with van der Waals surface area (Å²) in [7, 11) is 0. The Morgan fingerprint density at radius 1 is 1.41 bits per heavy atom. The van der Waals surface area contributed by atoms with Crippen LogP contribution in [0.25, 0.3) is 0 Å². The van der Waals surface area contributed by atoms with Crippen molar-refractivity contribution in [2.75, 3.05) is 0 Å². The maximum absolute atomic E-state index is 13.5. The number of aryl methyl sites for hydroxylation is 1. The second-order valence-electron chi connectivity index (χ2n) is 4.01. The molecule has 1 aromatic heterocycles. The fraction of sp³-hybridized carbons (Fsp3) is 0.231. The van der Waals surface area contributed by atoms with Crippen molar-refractivity contribution in [3.05, 3.63) is 55.9 Å². The van der Waals surface area contributed by atoms with E-state index in [0.717, 1.165) is 8.66 Å². The number of benzene rings is 1. The number of halogens is 2. The van der Waals surface area contributed by atoms with E-state index < -0.39 is 0 Å². The molecule has 0 aliphatic carbocycles. The molecule has 0 bridgehead atoms. The lowest BCUT2D eigenvalue weighted by Gasteiger charge is -2.10. The van der Waals surface area contributed by atoms with E-state index in [-0.39, 0.29) is 11.9 Å². The number of hydrogen-bond acceptors (Lipinski definition) is 2. The maximum Gasteiger partial charge on any atom is 0.126 e. The Labute approximate surface area is 113 Å². The van der Waals surface area contributed by atoms with Crippen LogP contribution in [0.2, 0.25) is 0 Å². The molecule has 2 N–H and O–H groups in total. The summed E-state index contributed by atoms with van der Waals surface area (Å²) in [5.74, 6) is -0.185. The summed E-state index contributed by atoms with van der Waals surface area (Å²) in [6.07, 6.45) is 0.527. The van der Waals surface area contributed by atoms with Gasteiger partial charge in [0.05, 0.1) is 3.79 Å². The van der Waals surface area contributed by atoms with Gasteiger partial charge in [-0.3, -0.25) is 0 Å². The van der Waals surface area contributed by atoms with Crippen LogP contribution in [0.1, 0.15) is 22.0 Å². The number of nitrogens with two attached hydrogens (primary N) is 1. The SMILES string of the molecule is Cc1cc(C(N)Cc2ccccc2F)sc1Br. The van der Waals surface area contributed by atoms with Crippen molar-refractivity contribution >= 4 is 27.3 Å². The van der Waals surface area contributed by atoms with Crippen LogP contribution < -0.4 is 5.73 Å². The molecule has 0 aliphatic rings. The van der Waals surface area contributed by atoms with E-state index in [0.29, 0.717) is 12.0 Å². The summed E-state index contributed by atoms with van der Waals surface area (Å²) in [6, 6.07) is 8.68. The zero-order chi connectivity index (χ0) is 12.4. The van der Waals surface area contributed by atoms with E-state index in [9.17, 15) is 4.39 Å². The zero-order valence-electron chi connectivity index (χ0n) is 9.41. The molecule has 90 valence electrons. The molecule has 0 radical (unpaired) electrons. The van der Waals surface area contributed by atoms with Gasteiger partial charge in [-0.05, 0) is 52.5 Å². The van der Waals surface area contributed by atoms with Crippen LogP contribution in [0.4, 0.5) is 4.39 Å². The van der Waals surface area contributed by atoms with Crippen LogP contribution in [0.3, 0.4) is 0 Å². The van der Waals surface area contributed by atoms with E-state index in [1.54, 1.807) is 23.5 Å². The summed E-state index contributed by atoms with van der Waals surface area (Å²) in [6.45, 7) is 2.03. The average molecular weight is 314 g/mol. The molecular formula is C13H13BrFNS. The van der Waals surface area contributed by atoms with Gasteiger partial charge in [-0.1, -0.05) is 18.2 Å². The summed E-state index contributed by atoms with van der Waals surface area (Å²) in [5.41, 5.74) is 7.94. The summed E-state index contributed by atoms with van der Waals surface area (Å²) in [4.78, 5) is 1.08. The predicted octanol–water partition coefficient (Wildman–Crippen LogP) is 4.20. The van der Waals surface area contributed by atoms with E-state index in [2.05, 4.69) is 22.0 Å². The molecule has 17 heavy (non-hydrogen) atoms. The smallest absolute Gasteiger partial charge is 0.126 e. The molecule has 1 atom stereocenters. The van der Waals surface area contributed by atoms with Gasteiger partial charge in [-0.15, -0.1) is 11.3 Å². The minimum atomic E-state index is -0.185. The van der Waals surface area contributed by atoms with Crippen LogP contribution >= 0.6 is 27.3 Å². The lowest BCUT2D eigenvalue weighted by molar-refractivity contribution is 0.595. The van der Waals surface area contributed by atoms with Crippen molar-refractivity contribution in [1.29, 1.82) is 0 Å². The number of thiophene rings is 1. The summed E-state index contributed by atoms with van der Waals surface area (Å²) >= 11 is 5.09. The second-order valence-corrected chi connectivity index (χ2v) is 6.41. The average Bonchev–Trinajstić information content (AvgIpc) is 2.63. The van der Waals surface area contributed by atoms with Gasteiger partial charge in [0.2, 0.25) is 0 Å². The topological polar surface area (TPSA) is 26.0 Å². The van der Waals surface area contributed by atoms with Gasteiger partial charge >= 0.3 is 0 Å². The Bertz CT molecular complexity index is 504. The van der Waals surface area contributed by atoms with Crippen molar-refractivity contribution in [2.24, 2.45) is 5.73 Å². The lowest BCUT2D eigenvalue weighted by Crippen LogP contribution is -2.12. The highest BCUT2D eigenvalue weighted by molar-refractivity contribution is 9.11. The molecule has 1 aromatic carbocycles. The highest BCUT2D eigenvalue weighted by Gasteiger charge is 2.13. The van der Waals surface area contributed by atoms with Crippen molar-refractivity contribution in [2.45, 2.75) is 19.4 Å². The van der Waals surface area contributed by atoms with Crippen molar-refractivity contribution in [1.82, 2.24) is 0 Å². The molecule has 0 amide bonds. The highest BCUT2D eigenvalue weighted by atomic mass is 79.9. The monoisotopic (exact) mass is 313 g/mol. The molecule has 0 saturated heterocycles. The summed E-state index contributed by atoms with van der Waals surface area (Å²) in [5, 5.41) is 0. The van der Waals surface area contributed by atoms with Crippen molar-refractivity contribution in [3.8, 4) is 0 Å². The Hall–Kier alpha value is -0.710. The Morgan fingerprint density at radius 2 is 2.12 bits per heavy atom. The first-order valence-corrected chi connectivity index (χ1v) is 6.93. The molecule has 0 aliphatic heterocycles. The van der Waals surface area contributed by atoms with E-state index in [1.807, 2.05) is 13.0 Å². The van der Waals surface area contributed by atoms with Crippen LogP contribution in [0.5, 0.6) is 0 Å². The molecule has 0 saturated carbocycles. The van der Waals surface area contributed by atoms with Crippen LogP contribution in [-0.4, -0.2) is 0 Å². The van der Waals surface area contributed by atoms with Crippen LogP contribution in [0, 0.1) is 12.7 Å².